The Morgan fingerprint density at radius 1 is 1.50 bits per heavy atom. The molecule has 0 aliphatic heterocycles. The van der Waals surface area contributed by atoms with Crippen LogP contribution in [0.2, 0.25) is 0 Å². The van der Waals surface area contributed by atoms with Gasteiger partial charge in [-0.2, -0.15) is 5.10 Å². The lowest BCUT2D eigenvalue weighted by Crippen LogP contribution is -2.20. The van der Waals surface area contributed by atoms with Gasteiger partial charge in [0, 0.05) is 12.6 Å². The van der Waals surface area contributed by atoms with Crippen molar-refractivity contribution >= 4 is 11.7 Å². The molecule has 0 saturated carbocycles. The molecule has 0 aliphatic rings. The van der Waals surface area contributed by atoms with Gasteiger partial charge in [0.25, 0.3) is 0 Å². The Labute approximate surface area is 83.7 Å². The number of anilines is 1. The molecule has 1 N–H and O–H groups in total. The zero-order valence-corrected chi connectivity index (χ0v) is 8.74. The molecule has 1 heterocycles. The fraction of sp³-hybridized carbons (Fsp3) is 0.500. The molecule has 4 heteroatoms. The van der Waals surface area contributed by atoms with Crippen LogP contribution in [0.5, 0.6) is 0 Å². The van der Waals surface area contributed by atoms with Crippen molar-refractivity contribution in [2.45, 2.75) is 27.2 Å². The molecule has 0 aliphatic carbocycles. The third kappa shape index (κ3) is 3.98. The number of amides is 1. The molecule has 0 radical (unpaired) electrons. The van der Waals surface area contributed by atoms with E-state index in [4.69, 9.17) is 0 Å². The normalized spacial score (nSPS) is 11.1. The van der Waals surface area contributed by atoms with Gasteiger partial charge < -0.3 is 5.32 Å². The number of aromatic nitrogens is 2. The molecule has 0 spiro atoms. The van der Waals surface area contributed by atoms with Gasteiger partial charge in [0.2, 0.25) is 5.91 Å². The first kappa shape index (κ1) is 10.6. The minimum atomic E-state index is -0.0296. The summed E-state index contributed by atoms with van der Waals surface area (Å²) < 4.78 is 0. The van der Waals surface area contributed by atoms with Crippen LogP contribution < -0.4 is 5.32 Å². The van der Waals surface area contributed by atoms with Crippen molar-refractivity contribution in [2.24, 2.45) is 5.41 Å². The van der Waals surface area contributed by atoms with Crippen LogP contribution in [0.25, 0.3) is 0 Å². The molecule has 0 unspecified atom stereocenters. The molecule has 0 aromatic carbocycles. The van der Waals surface area contributed by atoms with Crippen LogP contribution in [0.15, 0.2) is 18.3 Å². The smallest absolute Gasteiger partial charge is 0.226 e. The molecule has 1 aromatic rings. The van der Waals surface area contributed by atoms with E-state index in [0.29, 0.717) is 12.2 Å². The monoisotopic (exact) mass is 193 g/mol. The Morgan fingerprint density at radius 2 is 2.21 bits per heavy atom. The maximum Gasteiger partial charge on any atom is 0.226 e. The number of nitrogens with zero attached hydrogens (tertiary/aromatic N) is 2. The first-order valence-electron chi connectivity index (χ1n) is 4.55. The third-order valence-corrected chi connectivity index (χ3v) is 1.53. The van der Waals surface area contributed by atoms with Crippen LogP contribution >= 0.6 is 0 Å². The van der Waals surface area contributed by atoms with Crippen molar-refractivity contribution in [2.75, 3.05) is 5.32 Å². The predicted octanol–water partition coefficient (Wildman–Crippen LogP) is 1.85. The van der Waals surface area contributed by atoms with E-state index < -0.39 is 0 Å². The average molecular weight is 193 g/mol. The van der Waals surface area contributed by atoms with E-state index in [1.54, 1.807) is 18.3 Å². The summed E-state index contributed by atoms with van der Waals surface area (Å²) in [6.07, 6.45) is 2.04. The van der Waals surface area contributed by atoms with Gasteiger partial charge in [-0.05, 0) is 17.5 Å². The molecular formula is C10H15N3O. The molecule has 1 amide bonds. The van der Waals surface area contributed by atoms with Gasteiger partial charge in [-0.15, -0.1) is 5.10 Å². The third-order valence-electron chi connectivity index (χ3n) is 1.53. The molecule has 4 nitrogen and oxygen atoms in total. The van der Waals surface area contributed by atoms with Crippen molar-refractivity contribution in [1.82, 2.24) is 10.2 Å². The maximum atomic E-state index is 11.4. The van der Waals surface area contributed by atoms with Gasteiger partial charge in [-0.3, -0.25) is 4.79 Å². The van der Waals surface area contributed by atoms with Crippen LogP contribution in [0.3, 0.4) is 0 Å². The average Bonchev–Trinajstić information content (AvgIpc) is 2.02. The Bertz CT molecular complexity index is 303. The molecule has 0 bridgehead atoms. The van der Waals surface area contributed by atoms with Gasteiger partial charge in [0.1, 0.15) is 0 Å². The van der Waals surface area contributed by atoms with Crippen LogP contribution in [-0.2, 0) is 4.79 Å². The molecule has 0 saturated heterocycles. The van der Waals surface area contributed by atoms with Crippen LogP contribution in [-0.4, -0.2) is 16.1 Å². The minimum Gasteiger partial charge on any atom is -0.309 e. The Balaban J connectivity index is 2.50. The van der Waals surface area contributed by atoms with Crippen molar-refractivity contribution < 1.29 is 4.79 Å². The van der Waals surface area contributed by atoms with Gasteiger partial charge in [0.05, 0.1) is 0 Å². The summed E-state index contributed by atoms with van der Waals surface area (Å²) in [5, 5.41) is 10.1. The summed E-state index contributed by atoms with van der Waals surface area (Å²) in [5.74, 6) is 0.472. The highest BCUT2D eigenvalue weighted by Gasteiger charge is 2.15. The number of nitrogens with one attached hydrogen (secondary N) is 1. The molecule has 76 valence electrons. The van der Waals surface area contributed by atoms with Gasteiger partial charge >= 0.3 is 0 Å². The zero-order chi connectivity index (χ0) is 10.6. The van der Waals surface area contributed by atoms with E-state index in [9.17, 15) is 4.79 Å². The van der Waals surface area contributed by atoms with Gasteiger partial charge in [-0.25, -0.2) is 0 Å². The van der Waals surface area contributed by atoms with E-state index in [1.165, 1.54) is 0 Å². The number of hydrogen-bond donors (Lipinski definition) is 1. The summed E-state index contributed by atoms with van der Waals surface area (Å²) in [7, 11) is 0. The number of rotatable bonds is 2. The SMILES string of the molecule is CC(C)(C)CC(=O)Nc1cccnn1. The van der Waals surface area contributed by atoms with Gasteiger partial charge in [-0.1, -0.05) is 20.8 Å². The summed E-state index contributed by atoms with van der Waals surface area (Å²) in [6, 6.07) is 3.45. The first-order chi connectivity index (χ1) is 6.47. The predicted molar refractivity (Wildman–Crippen MR) is 54.7 cm³/mol. The van der Waals surface area contributed by atoms with Crippen molar-refractivity contribution in [3.8, 4) is 0 Å². The van der Waals surface area contributed by atoms with Crippen molar-refractivity contribution in [1.29, 1.82) is 0 Å². The summed E-state index contributed by atoms with van der Waals surface area (Å²) in [5.41, 5.74) is -0.00765. The van der Waals surface area contributed by atoms with Crippen molar-refractivity contribution in [3.63, 3.8) is 0 Å². The largest absolute Gasteiger partial charge is 0.309 e. The summed E-state index contributed by atoms with van der Waals surface area (Å²) >= 11 is 0. The van der Waals surface area contributed by atoms with Crippen LogP contribution in [0, 0.1) is 5.41 Å². The number of carbonyl (C=O) groups excluding carboxylic acids is 1. The first-order valence-corrected chi connectivity index (χ1v) is 4.55. The second kappa shape index (κ2) is 4.17. The fourth-order valence-electron chi connectivity index (χ4n) is 1.04. The summed E-state index contributed by atoms with van der Waals surface area (Å²) in [6.45, 7) is 6.05. The van der Waals surface area contributed by atoms with E-state index in [1.807, 2.05) is 20.8 Å². The van der Waals surface area contributed by atoms with E-state index in [0.717, 1.165) is 0 Å². The lowest BCUT2D eigenvalue weighted by molar-refractivity contribution is -0.117. The van der Waals surface area contributed by atoms with Crippen LogP contribution in [0.1, 0.15) is 27.2 Å². The lowest BCUT2D eigenvalue weighted by atomic mass is 9.92. The topological polar surface area (TPSA) is 54.9 Å². The molecule has 1 rings (SSSR count). The van der Waals surface area contributed by atoms with Crippen molar-refractivity contribution in [3.05, 3.63) is 18.3 Å². The Morgan fingerprint density at radius 3 is 2.71 bits per heavy atom. The maximum absolute atomic E-state index is 11.4. The zero-order valence-electron chi connectivity index (χ0n) is 8.74. The number of hydrogen-bond acceptors (Lipinski definition) is 3. The number of carbonyl (C=O) groups is 1. The second-order valence-electron chi connectivity index (χ2n) is 4.39. The highest BCUT2D eigenvalue weighted by Crippen LogP contribution is 2.18. The van der Waals surface area contributed by atoms with E-state index in [-0.39, 0.29) is 11.3 Å². The van der Waals surface area contributed by atoms with Crippen LogP contribution in [0.4, 0.5) is 5.82 Å². The highest BCUT2D eigenvalue weighted by atomic mass is 16.1. The van der Waals surface area contributed by atoms with Gasteiger partial charge in [0.15, 0.2) is 5.82 Å². The van der Waals surface area contributed by atoms with E-state index in [2.05, 4.69) is 15.5 Å². The second-order valence-corrected chi connectivity index (χ2v) is 4.39. The highest BCUT2D eigenvalue weighted by molar-refractivity contribution is 5.89. The lowest BCUT2D eigenvalue weighted by Gasteiger charge is -2.16. The Hall–Kier alpha value is -1.45. The minimum absolute atomic E-state index is 0.00765. The molecular weight excluding hydrogens is 178 g/mol. The Kier molecular flexibility index (Phi) is 3.17. The fourth-order valence-corrected chi connectivity index (χ4v) is 1.04. The molecule has 14 heavy (non-hydrogen) atoms. The quantitative estimate of drug-likeness (QED) is 0.779. The van der Waals surface area contributed by atoms with E-state index >= 15 is 0 Å². The molecule has 0 atom stereocenters. The standard InChI is InChI=1S/C10H15N3O/c1-10(2,3)7-9(14)12-8-5-4-6-11-13-8/h4-6H,7H2,1-3H3,(H,12,13,14). The molecule has 0 fully saturated rings. The molecule has 1 aromatic heterocycles. The summed E-state index contributed by atoms with van der Waals surface area (Å²) in [4.78, 5) is 11.4.